The Morgan fingerprint density at radius 1 is 1.18 bits per heavy atom. The second kappa shape index (κ2) is 9.30. The van der Waals surface area contributed by atoms with Gasteiger partial charge in [-0.2, -0.15) is 0 Å². The van der Waals surface area contributed by atoms with E-state index >= 15 is 0 Å². The van der Waals surface area contributed by atoms with Gasteiger partial charge in [0.1, 0.15) is 0 Å². The van der Waals surface area contributed by atoms with Gasteiger partial charge in [0.15, 0.2) is 0 Å². The minimum atomic E-state index is -0.212. The number of hydrogen-bond donors (Lipinski definition) is 2. The van der Waals surface area contributed by atoms with Crippen molar-refractivity contribution in [3.05, 3.63) is 58.6 Å². The molecule has 0 aromatic heterocycles. The summed E-state index contributed by atoms with van der Waals surface area (Å²) in [6.07, 6.45) is 2.50. The van der Waals surface area contributed by atoms with E-state index in [9.17, 15) is 4.79 Å². The minimum Gasteiger partial charge on any atom is -0.372 e. The van der Waals surface area contributed by atoms with Gasteiger partial charge in [-0.25, -0.2) is 4.79 Å². The summed E-state index contributed by atoms with van der Waals surface area (Å²) in [7, 11) is 3.96. The number of nitrogens with zero attached hydrogens (tertiary/aromatic N) is 2. The van der Waals surface area contributed by atoms with Crippen LogP contribution in [0.1, 0.15) is 30.0 Å². The van der Waals surface area contributed by atoms with E-state index in [1.807, 2.05) is 51.4 Å². The molecular formula is C22H29ClN4O. The van der Waals surface area contributed by atoms with Crippen LogP contribution in [0.5, 0.6) is 0 Å². The molecule has 150 valence electrons. The van der Waals surface area contributed by atoms with Gasteiger partial charge in [0.05, 0.1) is 6.04 Å². The average Bonchev–Trinajstić information content (AvgIpc) is 3.19. The van der Waals surface area contributed by atoms with E-state index in [1.165, 1.54) is 18.5 Å². The van der Waals surface area contributed by atoms with E-state index in [1.54, 1.807) is 0 Å². The van der Waals surface area contributed by atoms with Crippen molar-refractivity contribution in [1.29, 1.82) is 0 Å². The van der Waals surface area contributed by atoms with Crippen molar-refractivity contribution in [3.63, 3.8) is 0 Å². The molecule has 0 bridgehead atoms. The number of benzene rings is 2. The number of hydrogen-bond acceptors (Lipinski definition) is 3. The number of amides is 2. The van der Waals surface area contributed by atoms with Gasteiger partial charge in [0.25, 0.3) is 0 Å². The second-order valence-corrected chi connectivity index (χ2v) is 7.94. The maximum absolute atomic E-state index is 12.5. The summed E-state index contributed by atoms with van der Waals surface area (Å²) in [5.74, 6) is 0. The molecule has 1 aliphatic heterocycles. The molecule has 0 saturated carbocycles. The van der Waals surface area contributed by atoms with Crippen LogP contribution in [-0.4, -0.2) is 44.7 Å². The Morgan fingerprint density at radius 2 is 1.89 bits per heavy atom. The smallest absolute Gasteiger partial charge is 0.319 e. The third-order valence-corrected chi connectivity index (χ3v) is 5.62. The molecule has 3 rings (SSSR count). The zero-order valence-corrected chi connectivity index (χ0v) is 17.6. The first kappa shape index (κ1) is 20.5. The largest absolute Gasteiger partial charge is 0.372 e. The zero-order chi connectivity index (χ0) is 20.1. The lowest BCUT2D eigenvalue weighted by molar-refractivity contribution is 0.243. The Bertz CT molecular complexity index is 818. The predicted octanol–water partition coefficient (Wildman–Crippen LogP) is 4.67. The quantitative estimate of drug-likeness (QED) is 0.740. The van der Waals surface area contributed by atoms with Gasteiger partial charge < -0.3 is 20.4 Å². The molecule has 0 spiro atoms. The maximum Gasteiger partial charge on any atom is 0.319 e. The fourth-order valence-electron chi connectivity index (χ4n) is 3.63. The van der Waals surface area contributed by atoms with Crippen molar-refractivity contribution in [2.75, 3.05) is 43.9 Å². The zero-order valence-electron chi connectivity index (χ0n) is 16.8. The third kappa shape index (κ3) is 4.97. The standard InChI is InChI=1S/C22H29ClN4O/c1-16-14-17(27-12-6-7-13-27)10-11-20(16)25-22(28)24-15-21(26(2)3)18-8-4-5-9-19(18)23/h4-5,8-11,14,21H,6-7,12-13,15H2,1-3H3,(H2,24,25,28)/t21-/m1/s1. The number of likely N-dealkylation sites (N-methyl/N-ethyl adjacent to an activating group) is 1. The Kier molecular flexibility index (Phi) is 6.81. The summed E-state index contributed by atoms with van der Waals surface area (Å²) in [6.45, 7) is 4.72. The van der Waals surface area contributed by atoms with Crippen LogP contribution in [0, 0.1) is 6.92 Å². The first-order valence-corrected chi connectivity index (χ1v) is 10.1. The molecule has 2 aromatic carbocycles. The predicted molar refractivity (Wildman–Crippen MR) is 118 cm³/mol. The van der Waals surface area contributed by atoms with E-state index < -0.39 is 0 Å². The van der Waals surface area contributed by atoms with Gasteiger partial charge >= 0.3 is 6.03 Å². The van der Waals surface area contributed by atoms with Crippen molar-refractivity contribution in [3.8, 4) is 0 Å². The number of halogens is 1. The molecular weight excluding hydrogens is 372 g/mol. The first-order chi connectivity index (χ1) is 13.5. The van der Waals surface area contributed by atoms with Crippen LogP contribution in [0.2, 0.25) is 5.02 Å². The van der Waals surface area contributed by atoms with Crippen molar-refractivity contribution in [1.82, 2.24) is 10.2 Å². The molecule has 28 heavy (non-hydrogen) atoms. The normalized spacial score (nSPS) is 15.0. The van der Waals surface area contributed by atoms with Gasteiger partial charge in [0.2, 0.25) is 0 Å². The number of nitrogens with one attached hydrogen (secondary N) is 2. The molecule has 1 fully saturated rings. The average molecular weight is 401 g/mol. The lowest BCUT2D eigenvalue weighted by Crippen LogP contribution is -2.37. The molecule has 2 amide bonds. The number of carbonyl (C=O) groups excluding carboxylic acids is 1. The Hall–Kier alpha value is -2.24. The van der Waals surface area contributed by atoms with Crippen LogP contribution in [0.15, 0.2) is 42.5 Å². The van der Waals surface area contributed by atoms with Crippen molar-refractivity contribution < 1.29 is 4.79 Å². The maximum atomic E-state index is 12.5. The van der Waals surface area contributed by atoms with Crippen LogP contribution in [-0.2, 0) is 0 Å². The number of anilines is 2. The summed E-state index contributed by atoms with van der Waals surface area (Å²) in [6, 6.07) is 13.7. The SMILES string of the molecule is Cc1cc(N2CCCC2)ccc1NC(=O)NC[C@H](c1ccccc1Cl)N(C)C. The van der Waals surface area contributed by atoms with E-state index in [-0.39, 0.29) is 12.1 Å². The Labute approximate surface area is 172 Å². The minimum absolute atomic E-state index is 0.00177. The molecule has 1 saturated heterocycles. The Morgan fingerprint density at radius 3 is 2.54 bits per heavy atom. The molecule has 6 heteroatoms. The summed E-state index contributed by atoms with van der Waals surface area (Å²) in [5.41, 5.74) is 4.13. The highest BCUT2D eigenvalue weighted by Gasteiger charge is 2.18. The van der Waals surface area contributed by atoms with Crippen LogP contribution in [0.3, 0.4) is 0 Å². The van der Waals surface area contributed by atoms with E-state index in [0.29, 0.717) is 11.6 Å². The van der Waals surface area contributed by atoms with Crippen LogP contribution in [0.25, 0.3) is 0 Å². The molecule has 0 unspecified atom stereocenters. The molecule has 0 aliphatic carbocycles. The summed E-state index contributed by atoms with van der Waals surface area (Å²) in [5, 5.41) is 6.65. The van der Waals surface area contributed by atoms with Crippen LogP contribution >= 0.6 is 11.6 Å². The molecule has 2 N–H and O–H groups in total. The van der Waals surface area contributed by atoms with Crippen molar-refractivity contribution in [2.45, 2.75) is 25.8 Å². The van der Waals surface area contributed by atoms with Crippen LogP contribution in [0.4, 0.5) is 16.2 Å². The molecule has 5 nitrogen and oxygen atoms in total. The first-order valence-electron chi connectivity index (χ1n) is 9.77. The van der Waals surface area contributed by atoms with Gasteiger partial charge in [-0.15, -0.1) is 0 Å². The van der Waals surface area contributed by atoms with E-state index in [4.69, 9.17) is 11.6 Å². The molecule has 1 aliphatic rings. The Balaban J connectivity index is 1.61. The number of aryl methyl sites for hydroxylation is 1. The topological polar surface area (TPSA) is 47.6 Å². The number of urea groups is 1. The fourth-order valence-corrected chi connectivity index (χ4v) is 3.89. The lowest BCUT2D eigenvalue weighted by atomic mass is 10.1. The highest BCUT2D eigenvalue weighted by atomic mass is 35.5. The second-order valence-electron chi connectivity index (χ2n) is 7.53. The number of carbonyl (C=O) groups is 1. The van der Waals surface area contributed by atoms with Gasteiger partial charge in [-0.05, 0) is 69.3 Å². The van der Waals surface area contributed by atoms with Crippen molar-refractivity contribution in [2.24, 2.45) is 0 Å². The fraction of sp³-hybridized carbons (Fsp3) is 0.409. The highest BCUT2D eigenvalue weighted by molar-refractivity contribution is 6.31. The highest BCUT2D eigenvalue weighted by Crippen LogP contribution is 2.27. The number of rotatable bonds is 6. The van der Waals surface area contributed by atoms with Gasteiger partial charge in [-0.3, -0.25) is 0 Å². The molecule has 1 atom stereocenters. The summed E-state index contributed by atoms with van der Waals surface area (Å²) in [4.78, 5) is 16.9. The van der Waals surface area contributed by atoms with E-state index in [0.717, 1.165) is 29.9 Å². The van der Waals surface area contributed by atoms with Crippen molar-refractivity contribution >= 4 is 29.0 Å². The van der Waals surface area contributed by atoms with E-state index in [2.05, 4.69) is 32.6 Å². The van der Waals surface area contributed by atoms with Gasteiger partial charge in [0, 0.05) is 36.0 Å². The van der Waals surface area contributed by atoms with Gasteiger partial charge in [-0.1, -0.05) is 29.8 Å². The molecule has 0 radical (unpaired) electrons. The lowest BCUT2D eigenvalue weighted by Gasteiger charge is -2.26. The molecule has 2 aromatic rings. The summed E-state index contributed by atoms with van der Waals surface area (Å²) >= 11 is 6.34. The van der Waals surface area contributed by atoms with Crippen LogP contribution < -0.4 is 15.5 Å². The molecule has 1 heterocycles. The third-order valence-electron chi connectivity index (χ3n) is 5.27. The monoisotopic (exact) mass is 400 g/mol. The summed E-state index contributed by atoms with van der Waals surface area (Å²) < 4.78 is 0.